The van der Waals surface area contributed by atoms with Gasteiger partial charge in [0.25, 0.3) is 0 Å². The summed E-state index contributed by atoms with van der Waals surface area (Å²) in [7, 11) is 1.58. The maximum atomic E-state index is 12.0. The van der Waals surface area contributed by atoms with Gasteiger partial charge in [-0.25, -0.2) is 0 Å². The number of benzene rings is 2. The normalized spacial score (nSPS) is 10.1. The Labute approximate surface area is 142 Å². The standard InChI is InChI=1S/C19H22N2O3/c1-13-8-9-14(2)16(10-13)21-19(23)11-18(22)20-12-15-6-4-5-7-17(15)24-3/h4-10H,11-12H2,1-3H3,(H,20,22)(H,21,23). The van der Waals surface area contributed by atoms with Crippen LogP contribution in [0.2, 0.25) is 0 Å². The molecule has 2 aromatic carbocycles. The van der Waals surface area contributed by atoms with E-state index >= 15 is 0 Å². The molecule has 0 fully saturated rings. The highest BCUT2D eigenvalue weighted by atomic mass is 16.5. The van der Waals surface area contributed by atoms with Gasteiger partial charge < -0.3 is 15.4 Å². The van der Waals surface area contributed by atoms with E-state index in [9.17, 15) is 9.59 Å². The first kappa shape index (κ1) is 17.5. The van der Waals surface area contributed by atoms with E-state index in [1.54, 1.807) is 7.11 Å². The number of hydrogen-bond acceptors (Lipinski definition) is 3. The lowest BCUT2D eigenvalue weighted by atomic mass is 10.1. The smallest absolute Gasteiger partial charge is 0.233 e. The molecule has 24 heavy (non-hydrogen) atoms. The Morgan fingerprint density at radius 3 is 2.54 bits per heavy atom. The summed E-state index contributed by atoms with van der Waals surface area (Å²) >= 11 is 0. The molecule has 5 heteroatoms. The third-order valence-electron chi connectivity index (χ3n) is 3.66. The van der Waals surface area contributed by atoms with Crippen molar-refractivity contribution in [2.45, 2.75) is 26.8 Å². The maximum absolute atomic E-state index is 12.0. The summed E-state index contributed by atoms with van der Waals surface area (Å²) in [6, 6.07) is 13.2. The largest absolute Gasteiger partial charge is 0.496 e. The number of carbonyl (C=O) groups is 2. The van der Waals surface area contributed by atoms with Gasteiger partial charge in [-0.15, -0.1) is 0 Å². The monoisotopic (exact) mass is 326 g/mol. The molecule has 0 atom stereocenters. The van der Waals surface area contributed by atoms with Gasteiger partial charge in [0.2, 0.25) is 11.8 Å². The maximum Gasteiger partial charge on any atom is 0.233 e. The van der Waals surface area contributed by atoms with E-state index in [1.165, 1.54) is 0 Å². The van der Waals surface area contributed by atoms with Gasteiger partial charge in [-0.2, -0.15) is 0 Å². The van der Waals surface area contributed by atoms with E-state index in [1.807, 2.05) is 56.3 Å². The zero-order valence-corrected chi connectivity index (χ0v) is 14.2. The Kier molecular flexibility index (Phi) is 5.95. The molecule has 5 nitrogen and oxygen atoms in total. The van der Waals surface area contributed by atoms with Gasteiger partial charge in [-0.3, -0.25) is 9.59 Å². The fourth-order valence-corrected chi connectivity index (χ4v) is 2.32. The van der Waals surface area contributed by atoms with Crippen LogP contribution in [0.5, 0.6) is 5.75 Å². The van der Waals surface area contributed by atoms with Crippen LogP contribution in [-0.4, -0.2) is 18.9 Å². The van der Waals surface area contributed by atoms with Crippen LogP contribution < -0.4 is 15.4 Å². The fraction of sp³-hybridized carbons (Fsp3) is 0.263. The van der Waals surface area contributed by atoms with Crippen molar-refractivity contribution in [3.63, 3.8) is 0 Å². The molecule has 0 spiro atoms. The summed E-state index contributed by atoms with van der Waals surface area (Å²) in [5.41, 5.74) is 3.61. The van der Waals surface area contributed by atoms with Gasteiger partial charge in [0.15, 0.2) is 0 Å². The zero-order valence-electron chi connectivity index (χ0n) is 14.2. The van der Waals surface area contributed by atoms with Gasteiger partial charge in [0, 0.05) is 17.8 Å². The minimum Gasteiger partial charge on any atom is -0.496 e. The predicted octanol–water partition coefficient (Wildman–Crippen LogP) is 2.96. The average Bonchev–Trinajstić information content (AvgIpc) is 2.56. The Bertz CT molecular complexity index is 741. The highest BCUT2D eigenvalue weighted by Gasteiger charge is 2.11. The Morgan fingerprint density at radius 2 is 1.79 bits per heavy atom. The molecule has 2 aromatic rings. The van der Waals surface area contributed by atoms with Crippen molar-refractivity contribution in [3.05, 3.63) is 59.2 Å². The van der Waals surface area contributed by atoms with E-state index < -0.39 is 0 Å². The molecule has 0 heterocycles. The summed E-state index contributed by atoms with van der Waals surface area (Å²) in [6.45, 7) is 4.19. The molecular weight excluding hydrogens is 304 g/mol. The molecule has 0 saturated carbocycles. The summed E-state index contributed by atoms with van der Waals surface area (Å²) in [6.07, 6.45) is -0.220. The number of anilines is 1. The zero-order chi connectivity index (χ0) is 17.5. The molecule has 0 aliphatic carbocycles. The highest BCUT2D eigenvalue weighted by Crippen LogP contribution is 2.17. The van der Waals surface area contributed by atoms with Crippen LogP contribution in [0.1, 0.15) is 23.1 Å². The van der Waals surface area contributed by atoms with Gasteiger partial charge >= 0.3 is 0 Å². The average molecular weight is 326 g/mol. The molecule has 0 aromatic heterocycles. The van der Waals surface area contributed by atoms with Crippen molar-refractivity contribution >= 4 is 17.5 Å². The minimum absolute atomic E-state index is 0.220. The van der Waals surface area contributed by atoms with Crippen LogP contribution in [0.3, 0.4) is 0 Å². The summed E-state index contributed by atoms with van der Waals surface area (Å²) in [4.78, 5) is 24.0. The predicted molar refractivity (Wildman–Crippen MR) is 94.0 cm³/mol. The number of aryl methyl sites for hydroxylation is 2. The fourth-order valence-electron chi connectivity index (χ4n) is 2.32. The summed E-state index contributed by atoms with van der Waals surface area (Å²) in [5.74, 6) is 0.0441. The molecule has 0 aliphatic rings. The second-order valence-corrected chi connectivity index (χ2v) is 5.63. The first-order valence-electron chi connectivity index (χ1n) is 7.75. The van der Waals surface area contributed by atoms with E-state index in [0.717, 1.165) is 22.4 Å². The molecule has 0 bridgehead atoms. The first-order valence-corrected chi connectivity index (χ1v) is 7.75. The number of para-hydroxylation sites is 1. The van der Waals surface area contributed by atoms with E-state index in [0.29, 0.717) is 12.3 Å². The van der Waals surface area contributed by atoms with Gasteiger partial charge in [0.05, 0.1) is 7.11 Å². The van der Waals surface area contributed by atoms with Crippen LogP contribution in [0.15, 0.2) is 42.5 Å². The Hall–Kier alpha value is -2.82. The van der Waals surface area contributed by atoms with Gasteiger partial charge in [0.1, 0.15) is 12.2 Å². The van der Waals surface area contributed by atoms with Crippen molar-refractivity contribution in [3.8, 4) is 5.75 Å². The second kappa shape index (κ2) is 8.15. The third-order valence-corrected chi connectivity index (χ3v) is 3.66. The summed E-state index contributed by atoms with van der Waals surface area (Å²) < 4.78 is 5.23. The first-order chi connectivity index (χ1) is 11.5. The molecule has 0 aliphatic heterocycles. The van der Waals surface area contributed by atoms with Crippen LogP contribution in [0.4, 0.5) is 5.69 Å². The summed E-state index contributed by atoms with van der Waals surface area (Å²) in [5, 5.41) is 5.51. The molecule has 2 amide bonds. The lowest BCUT2D eigenvalue weighted by molar-refractivity contribution is -0.126. The molecule has 126 valence electrons. The number of ether oxygens (including phenoxy) is 1. The van der Waals surface area contributed by atoms with Crippen LogP contribution >= 0.6 is 0 Å². The highest BCUT2D eigenvalue weighted by molar-refractivity contribution is 6.03. The molecule has 2 rings (SSSR count). The van der Waals surface area contributed by atoms with Gasteiger partial charge in [-0.1, -0.05) is 30.3 Å². The lowest BCUT2D eigenvalue weighted by Crippen LogP contribution is -2.28. The van der Waals surface area contributed by atoms with E-state index in [-0.39, 0.29) is 18.2 Å². The quantitative estimate of drug-likeness (QED) is 0.802. The molecule has 2 N–H and O–H groups in total. The van der Waals surface area contributed by atoms with Crippen LogP contribution in [0, 0.1) is 13.8 Å². The number of nitrogens with one attached hydrogen (secondary N) is 2. The number of amides is 2. The number of carbonyl (C=O) groups excluding carboxylic acids is 2. The van der Waals surface area contributed by atoms with Crippen molar-refractivity contribution in [1.29, 1.82) is 0 Å². The molecule has 0 unspecified atom stereocenters. The molecule has 0 radical (unpaired) electrons. The topological polar surface area (TPSA) is 67.4 Å². The van der Waals surface area contributed by atoms with Crippen molar-refractivity contribution in [2.24, 2.45) is 0 Å². The molecule has 0 saturated heterocycles. The van der Waals surface area contributed by atoms with E-state index in [2.05, 4.69) is 10.6 Å². The van der Waals surface area contributed by atoms with Crippen LogP contribution in [0.25, 0.3) is 0 Å². The number of methoxy groups -OCH3 is 1. The molecular formula is C19H22N2O3. The number of rotatable bonds is 6. The van der Waals surface area contributed by atoms with Crippen molar-refractivity contribution in [1.82, 2.24) is 5.32 Å². The van der Waals surface area contributed by atoms with Crippen molar-refractivity contribution < 1.29 is 14.3 Å². The third kappa shape index (κ3) is 4.84. The second-order valence-electron chi connectivity index (χ2n) is 5.63. The van der Waals surface area contributed by atoms with Gasteiger partial charge in [-0.05, 0) is 37.1 Å². The lowest BCUT2D eigenvalue weighted by Gasteiger charge is -2.11. The Balaban J connectivity index is 1.88. The van der Waals surface area contributed by atoms with Crippen LogP contribution in [-0.2, 0) is 16.1 Å². The Morgan fingerprint density at radius 1 is 1.04 bits per heavy atom. The SMILES string of the molecule is COc1ccccc1CNC(=O)CC(=O)Nc1cc(C)ccc1C. The van der Waals surface area contributed by atoms with E-state index in [4.69, 9.17) is 4.74 Å². The minimum atomic E-state index is -0.332. The number of hydrogen-bond donors (Lipinski definition) is 2. The van der Waals surface area contributed by atoms with Crippen molar-refractivity contribution in [2.75, 3.05) is 12.4 Å².